The highest BCUT2D eigenvalue weighted by atomic mass is 16.2. The van der Waals surface area contributed by atoms with E-state index in [0.717, 1.165) is 45.3 Å². The Morgan fingerprint density at radius 3 is 3.00 bits per heavy atom. The number of likely N-dealkylation sites (tertiary alicyclic amines) is 1. The molecule has 2 saturated heterocycles. The fourth-order valence-corrected chi connectivity index (χ4v) is 3.20. The van der Waals surface area contributed by atoms with Crippen molar-refractivity contribution in [2.75, 3.05) is 19.6 Å². The van der Waals surface area contributed by atoms with Gasteiger partial charge in [0.1, 0.15) is 0 Å². The minimum atomic E-state index is 0.189. The summed E-state index contributed by atoms with van der Waals surface area (Å²) in [6.07, 6.45) is 6.32. The van der Waals surface area contributed by atoms with Gasteiger partial charge in [0.25, 0.3) is 0 Å². The third-order valence-corrected chi connectivity index (χ3v) is 4.16. The molecule has 2 N–H and O–H groups in total. The second kappa shape index (κ2) is 5.14. The zero-order chi connectivity index (χ0) is 12.4. The van der Waals surface area contributed by atoms with Crippen LogP contribution in [-0.2, 0) is 4.79 Å². The molecule has 0 spiro atoms. The number of hydrogen-bond donors (Lipinski definition) is 2. The quantitative estimate of drug-likeness (QED) is 0.835. The van der Waals surface area contributed by atoms with E-state index in [2.05, 4.69) is 21.3 Å². The zero-order valence-corrected chi connectivity index (χ0v) is 10.7. The second-order valence-electron chi connectivity index (χ2n) is 5.36. The first-order valence-electron chi connectivity index (χ1n) is 7.01. The van der Waals surface area contributed by atoms with Gasteiger partial charge < -0.3 is 15.2 Å². The lowest BCUT2D eigenvalue weighted by Gasteiger charge is -2.30. The number of aromatic amines is 1. The predicted octanol–water partition coefficient (Wildman–Crippen LogP) is 1.68. The molecule has 2 aliphatic rings. The molecule has 0 aromatic carbocycles. The van der Waals surface area contributed by atoms with Crippen molar-refractivity contribution in [1.82, 2.24) is 15.2 Å². The van der Waals surface area contributed by atoms with Gasteiger partial charge in [-0.1, -0.05) is 0 Å². The van der Waals surface area contributed by atoms with Crippen molar-refractivity contribution in [3.8, 4) is 0 Å². The first-order valence-corrected chi connectivity index (χ1v) is 7.01. The van der Waals surface area contributed by atoms with Gasteiger partial charge in [0.2, 0.25) is 5.91 Å². The normalized spacial score (nSPS) is 28.6. The van der Waals surface area contributed by atoms with Crippen LogP contribution in [0.5, 0.6) is 0 Å². The second-order valence-corrected chi connectivity index (χ2v) is 5.36. The number of nitrogens with zero attached hydrogens (tertiary/aromatic N) is 1. The Labute approximate surface area is 108 Å². The summed E-state index contributed by atoms with van der Waals surface area (Å²) in [7, 11) is 0. The van der Waals surface area contributed by atoms with E-state index in [4.69, 9.17) is 0 Å². The number of H-pyrrole nitrogens is 1. The molecule has 0 aliphatic carbocycles. The summed E-state index contributed by atoms with van der Waals surface area (Å²) in [5.74, 6) is 0.536. The first kappa shape index (κ1) is 11.8. The molecule has 0 bridgehead atoms. The van der Waals surface area contributed by atoms with Gasteiger partial charge in [-0.05, 0) is 44.4 Å². The molecule has 2 unspecified atom stereocenters. The number of amides is 1. The van der Waals surface area contributed by atoms with E-state index in [1.807, 2.05) is 12.3 Å². The van der Waals surface area contributed by atoms with E-state index in [1.54, 1.807) is 0 Å². The van der Waals surface area contributed by atoms with Crippen molar-refractivity contribution in [3.05, 3.63) is 24.0 Å². The molecule has 2 aliphatic heterocycles. The third kappa shape index (κ3) is 2.17. The van der Waals surface area contributed by atoms with Gasteiger partial charge in [-0.15, -0.1) is 0 Å². The van der Waals surface area contributed by atoms with Crippen LogP contribution in [0.4, 0.5) is 0 Å². The van der Waals surface area contributed by atoms with Crippen molar-refractivity contribution in [3.63, 3.8) is 0 Å². The fourth-order valence-electron chi connectivity index (χ4n) is 3.20. The topological polar surface area (TPSA) is 48.1 Å². The Hall–Kier alpha value is -1.29. The molecule has 18 heavy (non-hydrogen) atoms. The third-order valence-electron chi connectivity index (χ3n) is 4.16. The Morgan fingerprint density at radius 2 is 2.28 bits per heavy atom. The van der Waals surface area contributed by atoms with Crippen LogP contribution < -0.4 is 5.32 Å². The molecule has 1 aromatic rings. The molecule has 2 atom stereocenters. The lowest BCUT2D eigenvalue weighted by atomic mass is 9.97. The summed E-state index contributed by atoms with van der Waals surface area (Å²) in [5.41, 5.74) is 1.18. The summed E-state index contributed by atoms with van der Waals surface area (Å²) in [5, 5.41) is 3.33. The van der Waals surface area contributed by atoms with Gasteiger partial charge in [-0.2, -0.15) is 0 Å². The Kier molecular flexibility index (Phi) is 3.37. The molecule has 98 valence electrons. The zero-order valence-electron chi connectivity index (χ0n) is 10.7. The van der Waals surface area contributed by atoms with E-state index in [0.29, 0.717) is 5.91 Å². The number of carbonyl (C=O) groups excluding carboxylic acids is 1. The van der Waals surface area contributed by atoms with E-state index in [1.165, 1.54) is 5.69 Å². The summed E-state index contributed by atoms with van der Waals surface area (Å²) < 4.78 is 0. The van der Waals surface area contributed by atoms with Gasteiger partial charge in [0.05, 0.1) is 12.0 Å². The monoisotopic (exact) mass is 247 g/mol. The van der Waals surface area contributed by atoms with Crippen molar-refractivity contribution < 1.29 is 4.79 Å². The molecule has 2 fully saturated rings. The predicted molar refractivity (Wildman–Crippen MR) is 70.1 cm³/mol. The number of carbonyl (C=O) groups is 1. The average Bonchev–Trinajstić information content (AvgIpc) is 3.09. The Morgan fingerprint density at radius 1 is 1.33 bits per heavy atom. The highest BCUT2D eigenvalue weighted by Crippen LogP contribution is 2.32. The van der Waals surface area contributed by atoms with Gasteiger partial charge in [0.15, 0.2) is 0 Å². The summed E-state index contributed by atoms with van der Waals surface area (Å²) >= 11 is 0. The van der Waals surface area contributed by atoms with Gasteiger partial charge >= 0.3 is 0 Å². The van der Waals surface area contributed by atoms with Crippen LogP contribution in [0.1, 0.15) is 37.4 Å². The Bertz CT molecular complexity index is 395. The number of hydrogen-bond acceptors (Lipinski definition) is 2. The van der Waals surface area contributed by atoms with Crippen LogP contribution in [0, 0.1) is 5.92 Å². The van der Waals surface area contributed by atoms with Gasteiger partial charge in [-0.3, -0.25) is 4.79 Å². The maximum Gasteiger partial charge on any atom is 0.227 e. The van der Waals surface area contributed by atoms with E-state index in [9.17, 15) is 4.79 Å². The van der Waals surface area contributed by atoms with Crippen LogP contribution in [0.25, 0.3) is 0 Å². The van der Waals surface area contributed by atoms with Gasteiger partial charge in [-0.25, -0.2) is 0 Å². The number of rotatable bonds is 2. The van der Waals surface area contributed by atoms with Crippen LogP contribution in [-0.4, -0.2) is 35.4 Å². The molecule has 3 heterocycles. The number of aromatic nitrogens is 1. The molecule has 1 amide bonds. The maximum atomic E-state index is 12.6. The highest BCUT2D eigenvalue weighted by molar-refractivity contribution is 5.80. The molecular weight excluding hydrogens is 226 g/mol. The summed E-state index contributed by atoms with van der Waals surface area (Å²) in [6, 6.07) is 4.38. The molecule has 1 aromatic heterocycles. The number of piperidine rings is 1. The molecule has 0 saturated carbocycles. The van der Waals surface area contributed by atoms with Crippen LogP contribution in [0.2, 0.25) is 0 Å². The standard InChI is InChI=1S/C14H21N3O/c18-14(11-4-1-7-15-10-11)17-9-3-6-13(17)12-5-2-8-16-12/h2,5,8,11,13,15-16H,1,3-4,6-7,9-10H2. The fraction of sp³-hybridized carbons (Fsp3) is 0.643. The molecule has 4 nitrogen and oxygen atoms in total. The van der Waals surface area contributed by atoms with E-state index < -0.39 is 0 Å². The van der Waals surface area contributed by atoms with Crippen LogP contribution >= 0.6 is 0 Å². The average molecular weight is 247 g/mol. The smallest absolute Gasteiger partial charge is 0.227 e. The lowest BCUT2D eigenvalue weighted by Crippen LogP contribution is -2.42. The van der Waals surface area contributed by atoms with Crippen LogP contribution in [0.15, 0.2) is 18.3 Å². The van der Waals surface area contributed by atoms with Crippen molar-refractivity contribution >= 4 is 5.91 Å². The lowest BCUT2D eigenvalue weighted by molar-refractivity contribution is -0.137. The minimum absolute atomic E-state index is 0.189. The van der Waals surface area contributed by atoms with E-state index >= 15 is 0 Å². The Balaban J connectivity index is 1.72. The van der Waals surface area contributed by atoms with E-state index in [-0.39, 0.29) is 12.0 Å². The van der Waals surface area contributed by atoms with Crippen molar-refractivity contribution in [1.29, 1.82) is 0 Å². The molecule has 3 rings (SSSR count). The molecule has 4 heteroatoms. The maximum absolute atomic E-state index is 12.6. The first-order chi connectivity index (χ1) is 8.86. The van der Waals surface area contributed by atoms with Gasteiger partial charge in [0, 0.05) is 25.0 Å². The highest BCUT2D eigenvalue weighted by Gasteiger charge is 2.34. The molecule has 0 radical (unpaired) electrons. The summed E-state index contributed by atoms with van der Waals surface area (Å²) in [6.45, 7) is 2.83. The largest absolute Gasteiger partial charge is 0.363 e. The van der Waals surface area contributed by atoms with Crippen molar-refractivity contribution in [2.24, 2.45) is 5.92 Å². The SMILES string of the molecule is O=C(C1CCCNC1)N1CCCC1c1ccc[nH]1. The molecular formula is C14H21N3O. The van der Waals surface area contributed by atoms with Crippen LogP contribution in [0.3, 0.4) is 0 Å². The number of nitrogens with one attached hydrogen (secondary N) is 2. The summed E-state index contributed by atoms with van der Waals surface area (Å²) in [4.78, 5) is 17.9. The minimum Gasteiger partial charge on any atom is -0.363 e. The van der Waals surface area contributed by atoms with Crippen molar-refractivity contribution in [2.45, 2.75) is 31.7 Å².